The fourth-order valence-corrected chi connectivity index (χ4v) is 2.91. The van der Waals surface area contributed by atoms with E-state index in [2.05, 4.69) is 57.7 Å². The monoisotopic (exact) mass is 267 g/mol. The Morgan fingerprint density at radius 1 is 1.15 bits per heavy atom. The molecule has 1 atom stereocenters. The van der Waals surface area contributed by atoms with Crippen LogP contribution in [0.2, 0.25) is 0 Å². The maximum atomic E-state index is 4.60. The number of benzene rings is 1. The normalized spacial score (nSPS) is 19.1. The van der Waals surface area contributed by atoms with Crippen molar-refractivity contribution in [3.8, 4) is 0 Å². The molecule has 1 aromatic heterocycles. The van der Waals surface area contributed by atoms with Crippen molar-refractivity contribution in [1.29, 1.82) is 0 Å². The van der Waals surface area contributed by atoms with Crippen LogP contribution in [0.5, 0.6) is 0 Å². The summed E-state index contributed by atoms with van der Waals surface area (Å²) >= 11 is 0. The topological polar surface area (TPSA) is 28.2 Å². The first-order valence-electron chi connectivity index (χ1n) is 7.26. The van der Waals surface area contributed by atoms with Gasteiger partial charge in [-0.05, 0) is 36.6 Å². The van der Waals surface area contributed by atoms with Gasteiger partial charge in [0.2, 0.25) is 0 Å². The van der Waals surface area contributed by atoms with Crippen molar-refractivity contribution in [3.63, 3.8) is 0 Å². The zero-order chi connectivity index (χ0) is 13.8. The standard InChI is InChI=1S/C17H21N3/c1-18-17-9-5-8-16(19-17)13-20-11-10-15(12-20)14-6-3-2-4-7-14/h2-9,15H,10-13H2,1H3,(H,18,19). The molecule has 1 aliphatic rings. The van der Waals surface area contributed by atoms with Crippen LogP contribution in [0.4, 0.5) is 5.82 Å². The first kappa shape index (κ1) is 13.1. The Hall–Kier alpha value is -1.87. The van der Waals surface area contributed by atoms with E-state index in [1.807, 2.05) is 13.1 Å². The molecule has 1 fully saturated rings. The van der Waals surface area contributed by atoms with Crippen molar-refractivity contribution in [3.05, 3.63) is 59.8 Å². The van der Waals surface area contributed by atoms with Gasteiger partial charge in [-0.1, -0.05) is 36.4 Å². The Morgan fingerprint density at radius 2 is 2.00 bits per heavy atom. The third-order valence-electron chi connectivity index (χ3n) is 3.99. The Balaban J connectivity index is 1.63. The van der Waals surface area contributed by atoms with E-state index in [1.165, 1.54) is 12.0 Å². The molecule has 0 aliphatic carbocycles. The lowest BCUT2D eigenvalue weighted by atomic mass is 9.99. The fourth-order valence-electron chi connectivity index (χ4n) is 2.91. The molecule has 1 unspecified atom stereocenters. The Kier molecular flexibility index (Phi) is 3.97. The largest absolute Gasteiger partial charge is 0.373 e. The predicted molar refractivity (Wildman–Crippen MR) is 82.9 cm³/mol. The molecule has 1 N–H and O–H groups in total. The molecule has 1 aromatic carbocycles. The molecule has 3 nitrogen and oxygen atoms in total. The summed E-state index contributed by atoms with van der Waals surface area (Å²) < 4.78 is 0. The summed E-state index contributed by atoms with van der Waals surface area (Å²) in [6.07, 6.45) is 1.25. The van der Waals surface area contributed by atoms with E-state index in [9.17, 15) is 0 Å². The molecular formula is C17H21N3. The average molecular weight is 267 g/mol. The van der Waals surface area contributed by atoms with E-state index < -0.39 is 0 Å². The van der Waals surface area contributed by atoms with Crippen molar-refractivity contribution in [2.24, 2.45) is 0 Å². The molecule has 3 rings (SSSR count). The summed E-state index contributed by atoms with van der Waals surface area (Å²) in [6.45, 7) is 3.24. The van der Waals surface area contributed by atoms with Crippen molar-refractivity contribution < 1.29 is 0 Å². The molecular weight excluding hydrogens is 246 g/mol. The third-order valence-corrected chi connectivity index (χ3v) is 3.99. The highest BCUT2D eigenvalue weighted by atomic mass is 15.2. The first-order chi connectivity index (χ1) is 9.85. The van der Waals surface area contributed by atoms with Gasteiger partial charge < -0.3 is 5.32 Å². The van der Waals surface area contributed by atoms with Crippen molar-refractivity contribution in [2.75, 3.05) is 25.5 Å². The molecule has 1 saturated heterocycles. The minimum atomic E-state index is 0.670. The summed E-state index contributed by atoms with van der Waals surface area (Å²) in [4.78, 5) is 7.10. The highest BCUT2D eigenvalue weighted by Gasteiger charge is 2.23. The van der Waals surface area contributed by atoms with Gasteiger partial charge in [-0.3, -0.25) is 4.90 Å². The van der Waals surface area contributed by atoms with E-state index >= 15 is 0 Å². The molecule has 3 heteroatoms. The van der Waals surface area contributed by atoms with E-state index in [1.54, 1.807) is 0 Å². The van der Waals surface area contributed by atoms with Gasteiger partial charge >= 0.3 is 0 Å². The summed E-state index contributed by atoms with van der Waals surface area (Å²) in [5, 5.41) is 3.10. The van der Waals surface area contributed by atoms with Gasteiger partial charge in [0.25, 0.3) is 0 Å². The molecule has 1 aliphatic heterocycles. The molecule has 0 spiro atoms. The zero-order valence-corrected chi connectivity index (χ0v) is 11.9. The van der Waals surface area contributed by atoms with Crippen LogP contribution in [-0.2, 0) is 6.54 Å². The molecule has 104 valence electrons. The smallest absolute Gasteiger partial charge is 0.126 e. The lowest BCUT2D eigenvalue weighted by Crippen LogP contribution is -2.20. The van der Waals surface area contributed by atoms with Crippen molar-refractivity contribution in [1.82, 2.24) is 9.88 Å². The number of likely N-dealkylation sites (tertiary alicyclic amines) is 1. The Bertz CT molecular complexity index is 553. The molecule has 0 amide bonds. The maximum absolute atomic E-state index is 4.60. The van der Waals surface area contributed by atoms with Crippen LogP contribution >= 0.6 is 0 Å². The molecule has 0 bridgehead atoms. The number of hydrogen-bond acceptors (Lipinski definition) is 3. The maximum Gasteiger partial charge on any atom is 0.126 e. The molecule has 2 heterocycles. The van der Waals surface area contributed by atoms with Crippen LogP contribution in [0.15, 0.2) is 48.5 Å². The van der Waals surface area contributed by atoms with E-state index in [0.29, 0.717) is 5.92 Å². The van der Waals surface area contributed by atoms with Gasteiger partial charge in [-0.15, -0.1) is 0 Å². The SMILES string of the molecule is CNc1cccc(CN2CCC(c3ccccc3)C2)n1. The quantitative estimate of drug-likeness (QED) is 0.922. The van der Waals surface area contributed by atoms with Crippen LogP contribution < -0.4 is 5.32 Å². The summed E-state index contributed by atoms with van der Waals surface area (Å²) in [6, 6.07) is 17.0. The number of nitrogens with zero attached hydrogens (tertiary/aromatic N) is 2. The second kappa shape index (κ2) is 6.06. The van der Waals surface area contributed by atoms with Crippen LogP contribution in [0.25, 0.3) is 0 Å². The van der Waals surface area contributed by atoms with Gasteiger partial charge in [0.15, 0.2) is 0 Å². The predicted octanol–water partition coefficient (Wildman–Crippen LogP) is 3.11. The number of aromatic nitrogens is 1. The average Bonchev–Trinajstić information content (AvgIpc) is 2.97. The lowest BCUT2D eigenvalue weighted by Gasteiger charge is -2.16. The zero-order valence-electron chi connectivity index (χ0n) is 11.9. The number of rotatable bonds is 4. The second-order valence-electron chi connectivity index (χ2n) is 5.40. The van der Waals surface area contributed by atoms with Crippen LogP contribution in [-0.4, -0.2) is 30.0 Å². The number of hydrogen-bond donors (Lipinski definition) is 1. The summed E-state index contributed by atoms with van der Waals surface area (Å²) in [5.74, 6) is 1.62. The molecule has 0 radical (unpaired) electrons. The van der Waals surface area contributed by atoms with Crippen LogP contribution in [0, 0.1) is 0 Å². The lowest BCUT2D eigenvalue weighted by molar-refractivity contribution is 0.323. The number of pyridine rings is 1. The molecule has 0 saturated carbocycles. The van der Waals surface area contributed by atoms with E-state index in [0.717, 1.165) is 31.1 Å². The minimum Gasteiger partial charge on any atom is -0.373 e. The summed E-state index contributed by atoms with van der Waals surface area (Å²) in [7, 11) is 1.91. The van der Waals surface area contributed by atoms with Crippen molar-refractivity contribution in [2.45, 2.75) is 18.9 Å². The van der Waals surface area contributed by atoms with E-state index in [4.69, 9.17) is 0 Å². The molecule has 20 heavy (non-hydrogen) atoms. The van der Waals surface area contributed by atoms with Gasteiger partial charge in [-0.2, -0.15) is 0 Å². The van der Waals surface area contributed by atoms with Gasteiger partial charge in [-0.25, -0.2) is 4.98 Å². The minimum absolute atomic E-state index is 0.670. The summed E-state index contributed by atoms with van der Waals surface area (Å²) in [5.41, 5.74) is 2.61. The van der Waals surface area contributed by atoms with Gasteiger partial charge in [0.05, 0.1) is 5.69 Å². The Morgan fingerprint density at radius 3 is 2.80 bits per heavy atom. The van der Waals surface area contributed by atoms with Crippen LogP contribution in [0.3, 0.4) is 0 Å². The number of nitrogens with one attached hydrogen (secondary N) is 1. The number of anilines is 1. The molecule has 2 aromatic rings. The first-order valence-corrected chi connectivity index (χ1v) is 7.26. The Labute approximate surface area is 120 Å². The van der Waals surface area contributed by atoms with Crippen molar-refractivity contribution >= 4 is 5.82 Å². The highest BCUT2D eigenvalue weighted by Crippen LogP contribution is 2.27. The second-order valence-corrected chi connectivity index (χ2v) is 5.40. The van der Waals surface area contributed by atoms with Gasteiger partial charge in [0.1, 0.15) is 5.82 Å². The van der Waals surface area contributed by atoms with Gasteiger partial charge in [0, 0.05) is 20.1 Å². The third kappa shape index (κ3) is 2.99. The highest BCUT2D eigenvalue weighted by molar-refractivity contribution is 5.34. The fraction of sp³-hybridized carbons (Fsp3) is 0.353. The van der Waals surface area contributed by atoms with E-state index in [-0.39, 0.29) is 0 Å². The van der Waals surface area contributed by atoms with Crippen LogP contribution in [0.1, 0.15) is 23.6 Å².